The maximum Gasteiger partial charge on any atom is 0.212 e. The first-order chi connectivity index (χ1) is 13.4. The van der Waals surface area contributed by atoms with Gasteiger partial charge in [0.05, 0.1) is 24.4 Å². The molecule has 2 heterocycles. The Morgan fingerprint density at radius 1 is 1.07 bits per heavy atom. The summed E-state index contributed by atoms with van der Waals surface area (Å²) in [6.07, 6.45) is 0. The number of halogens is 1. The van der Waals surface area contributed by atoms with Crippen molar-refractivity contribution >= 4 is 54.1 Å². The van der Waals surface area contributed by atoms with Gasteiger partial charge in [0.25, 0.3) is 0 Å². The van der Waals surface area contributed by atoms with Crippen LogP contribution in [0.1, 0.15) is 0 Å². The second kappa shape index (κ2) is 7.28. The fourth-order valence-corrected chi connectivity index (χ4v) is 5.00. The molecule has 0 spiro atoms. The molecular formula is C21H21ClN2O3S. The Bertz CT molecular complexity index is 1260. The molecule has 0 radical (unpaired) electrons. The average molecular weight is 417 g/mol. The van der Waals surface area contributed by atoms with Crippen LogP contribution in [0, 0.1) is 0 Å². The van der Waals surface area contributed by atoms with Crippen molar-refractivity contribution in [1.29, 1.82) is 0 Å². The first-order valence-corrected chi connectivity index (χ1v) is 10.1. The molecular weight excluding hydrogens is 396 g/mol. The quantitative estimate of drug-likeness (QED) is 0.477. The van der Waals surface area contributed by atoms with E-state index in [1.54, 1.807) is 31.6 Å². The molecule has 7 heteroatoms. The van der Waals surface area contributed by atoms with Gasteiger partial charge in [-0.3, -0.25) is 4.79 Å². The summed E-state index contributed by atoms with van der Waals surface area (Å²) in [7, 11) is 7.28. The minimum Gasteiger partial charge on any atom is -0.493 e. The van der Waals surface area contributed by atoms with Gasteiger partial charge >= 0.3 is 0 Å². The van der Waals surface area contributed by atoms with Crippen LogP contribution in [-0.4, -0.2) is 44.3 Å². The summed E-state index contributed by atoms with van der Waals surface area (Å²) in [5, 5.41) is 2.29. The molecule has 0 bridgehead atoms. The highest BCUT2D eigenvalue weighted by Gasteiger charge is 2.19. The fourth-order valence-electron chi connectivity index (χ4n) is 3.51. The lowest BCUT2D eigenvalue weighted by atomic mass is 10.2. The van der Waals surface area contributed by atoms with E-state index < -0.39 is 0 Å². The van der Waals surface area contributed by atoms with Crippen LogP contribution in [0.15, 0.2) is 35.1 Å². The Labute approximate surface area is 171 Å². The number of ether oxygens (including phenoxy) is 2. The number of aromatic nitrogens is 1. The topological polar surface area (TPSA) is 43.7 Å². The van der Waals surface area contributed by atoms with Crippen molar-refractivity contribution in [1.82, 2.24) is 9.47 Å². The highest BCUT2D eigenvalue weighted by Crippen LogP contribution is 2.40. The summed E-state index contributed by atoms with van der Waals surface area (Å²) in [5.74, 6) is 1.29. The maximum absolute atomic E-state index is 13.4. The van der Waals surface area contributed by atoms with Crippen LogP contribution >= 0.6 is 22.9 Å². The number of hydrogen-bond acceptors (Lipinski definition) is 5. The second-order valence-electron chi connectivity index (χ2n) is 6.93. The van der Waals surface area contributed by atoms with Crippen molar-refractivity contribution in [3.8, 4) is 11.5 Å². The number of likely N-dealkylation sites (N-methyl/N-ethyl adjacent to an activating group) is 1. The molecule has 2 aromatic heterocycles. The van der Waals surface area contributed by atoms with Gasteiger partial charge in [0.2, 0.25) is 5.43 Å². The summed E-state index contributed by atoms with van der Waals surface area (Å²) in [6.45, 7) is 1.51. The molecule has 5 nitrogen and oxygen atoms in total. The molecule has 28 heavy (non-hydrogen) atoms. The van der Waals surface area contributed by atoms with Crippen LogP contribution in [-0.2, 0) is 6.54 Å². The SMILES string of the molecule is COc1cc2c3sc4cc(Cl)ccc4c(=O)c3n(CCN(C)C)c2cc1OC. The molecule has 0 amide bonds. The van der Waals surface area contributed by atoms with Gasteiger partial charge in [-0.1, -0.05) is 11.6 Å². The van der Waals surface area contributed by atoms with Crippen LogP contribution in [0.3, 0.4) is 0 Å². The van der Waals surface area contributed by atoms with Gasteiger partial charge in [-0.2, -0.15) is 0 Å². The van der Waals surface area contributed by atoms with E-state index in [1.165, 1.54) is 0 Å². The average Bonchev–Trinajstić information content (AvgIpc) is 2.97. The maximum atomic E-state index is 13.4. The van der Waals surface area contributed by atoms with Gasteiger partial charge in [0, 0.05) is 39.7 Å². The minimum absolute atomic E-state index is 0.0216. The lowest BCUT2D eigenvalue weighted by molar-refractivity contribution is 0.355. The molecule has 0 saturated carbocycles. The predicted octanol–water partition coefficient (Wildman–Crippen LogP) is 4.60. The van der Waals surface area contributed by atoms with Gasteiger partial charge in [0.15, 0.2) is 11.5 Å². The molecule has 0 unspecified atom stereocenters. The van der Waals surface area contributed by atoms with E-state index in [0.717, 1.165) is 26.8 Å². The van der Waals surface area contributed by atoms with Gasteiger partial charge in [-0.05, 0) is 38.4 Å². The second-order valence-corrected chi connectivity index (χ2v) is 8.42. The lowest BCUT2D eigenvalue weighted by Gasteiger charge is -2.13. The Morgan fingerprint density at radius 2 is 1.79 bits per heavy atom. The van der Waals surface area contributed by atoms with Crippen LogP contribution in [0.5, 0.6) is 11.5 Å². The monoisotopic (exact) mass is 416 g/mol. The summed E-state index contributed by atoms with van der Waals surface area (Å²) in [4.78, 5) is 15.5. The Hall–Kier alpha value is -2.28. The minimum atomic E-state index is 0.0216. The normalized spacial score (nSPS) is 11.8. The van der Waals surface area contributed by atoms with Gasteiger partial charge in [-0.25, -0.2) is 0 Å². The zero-order valence-electron chi connectivity index (χ0n) is 16.2. The highest BCUT2D eigenvalue weighted by molar-refractivity contribution is 7.25. The van der Waals surface area contributed by atoms with Crippen LogP contribution in [0.4, 0.5) is 0 Å². The molecule has 0 aliphatic carbocycles. The third kappa shape index (κ3) is 3.02. The molecule has 0 atom stereocenters. The van der Waals surface area contributed by atoms with Crippen LogP contribution in [0.25, 0.3) is 31.2 Å². The molecule has 4 rings (SSSR count). The third-order valence-corrected chi connectivity index (χ3v) is 6.32. The van der Waals surface area contributed by atoms with E-state index in [4.69, 9.17) is 21.1 Å². The van der Waals surface area contributed by atoms with Crippen LogP contribution < -0.4 is 14.9 Å². The Balaban J connectivity index is 2.17. The first kappa shape index (κ1) is 19.1. The van der Waals surface area contributed by atoms with E-state index in [-0.39, 0.29) is 5.43 Å². The van der Waals surface area contributed by atoms with Gasteiger partial charge < -0.3 is 18.9 Å². The molecule has 0 saturated heterocycles. The van der Waals surface area contributed by atoms with Crippen molar-refractivity contribution in [2.75, 3.05) is 34.9 Å². The van der Waals surface area contributed by atoms with Crippen molar-refractivity contribution < 1.29 is 9.47 Å². The Kier molecular flexibility index (Phi) is 4.95. The molecule has 0 N–H and O–H groups in total. The lowest BCUT2D eigenvalue weighted by Crippen LogP contribution is -2.19. The molecule has 146 valence electrons. The number of fused-ring (bicyclic) bond motifs is 4. The molecule has 0 fully saturated rings. The first-order valence-electron chi connectivity index (χ1n) is 8.89. The number of hydrogen-bond donors (Lipinski definition) is 0. The highest BCUT2D eigenvalue weighted by atomic mass is 35.5. The molecule has 0 aliphatic heterocycles. The largest absolute Gasteiger partial charge is 0.493 e. The molecule has 4 aromatic rings. The number of methoxy groups -OCH3 is 2. The van der Waals surface area contributed by atoms with E-state index in [1.807, 2.05) is 38.4 Å². The van der Waals surface area contributed by atoms with E-state index in [9.17, 15) is 4.79 Å². The predicted molar refractivity (Wildman–Crippen MR) is 118 cm³/mol. The number of benzene rings is 2. The summed E-state index contributed by atoms with van der Waals surface area (Å²) >= 11 is 7.76. The smallest absolute Gasteiger partial charge is 0.212 e. The molecule has 0 aliphatic rings. The zero-order valence-corrected chi connectivity index (χ0v) is 17.8. The van der Waals surface area contributed by atoms with Crippen molar-refractivity contribution in [2.45, 2.75) is 6.54 Å². The van der Waals surface area contributed by atoms with Crippen molar-refractivity contribution in [3.63, 3.8) is 0 Å². The standard InChI is InChI=1S/C21H21ClN2O3S/c1-23(2)7-8-24-15-11-17(27-4)16(26-3)10-14(15)21-19(24)20(25)13-6-5-12(22)9-18(13)28-21/h5-6,9-11H,7-8H2,1-4H3. The van der Waals surface area contributed by atoms with E-state index in [2.05, 4.69) is 9.47 Å². The van der Waals surface area contributed by atoms with Gasteiger partial charge in [0.1, 0.15) is 5.52 Å². The number of nitrogens with zero attached hydrogens (tertiary/aromatic N) is 2. The fraction of sp³-hybridized carbons (Fsp3) is 0.286. The molecule has 2 aromatic carbocycles. The van der Waals surface area contributed by atoms with E-state index >= 15 is 0 Å². The van der Waals surface area contributed by atoms with E-state index in [0.29, 0.717) is 34.0 Å². The zero-order chi connectivity index (χ0) is 20.0. The summed E-state index contributed by atoms with van der Waals surface area (Å²) in [6, 6.07) is 9.34. The number of rotatable bonds is 5. The van der Waals surface area contributed by atoms with Crippen molar-refractivity contribution in [3.05, 3.63) is 45.6 Å². The van der Waals surface area contributed by atoms with Gasteiger partial charge in [-0.15, -0.1) is 11.3 Å². The summed E-state index contributed by atoms with van der Waals surface area (Å²) in [5.41, 5.74) is 1.70. The van der Waals surface area contributed by atoms with Crippen molar-refractivity contribution in [2.24, 2.45) is 0 Å². The van der Waals surface area contributed by atoms with Crippen LogP contribution in [0.2, 0.25) is 5.02 Å². The summed E-state index contributed by atoms with van der Waals surface area (Å²) < 4.78 is 14.9. The Morgan fingerprint density at radius 3 is 2.46 bits per heavy atom. The third-order valence-electron chi connectivity index (χ3n) is 4.91.